The van der Waals surface area contributed by atoms with Crippen molar-refractivity contribution < 1.29 is 4.79 Å². The van der Waals surface area contributed by atoms with Crippen molar-refractivity contribution in [3.05, 3.63) is 64.7 Å². The van der Waals surface area contributed by atoms with Crippen LogP contribution >= 0.6 is 0 Å². The van der Waals surface area contributed by atoms with E-state index in [0.717, 1.165) is 72.5 Å². The Morgan fingerprint density at radius 3 is 2.68 bits per heavy atom. The molecule has 2 N–H and O–H groups in total. The van der Waals surface area contributed by atoms with Crippen LogP contribution in [0.25, 0.3) is 17.2 Å². The first kappa shape index (κ1) is 20.0. The number of aromatic nitrogens is 2. The molecular formula is C26H30N4O. The molecule has 3 heterocycles. The standard InChI is InChI=1S/C26H30N4O/c1-17-15-30-16-22(13-25(30)18(2)28-17)24-12-21-3-5-23(11-20(21)4-6-26(24)31)29-9-7-19(14-27)8-10-29/h3,5,11-13,15-16,19H,4,6-10,14,27H2,1-2H3. The Hall–Kier alpha value is -2.92. The highest BCUT2D eigenvalue weighted by Crippen LogP contribution is 2.32. The van der Waals surface area contributed by atoms with Gasteiger partial charge < -0.3 is 15.0 Å². The molecule has 0 spiro atoms. The molecule has 1 aromatic carbocycles. The van der Waals surface area contributed by atoms with E-state index >= 15 is 0 Å². The predicted molar refractivity (Wildman–Crippen MR) is 126 cm³/mol. The molecule has 2 aromatic heterocycles. The number of anilines is 1. The molecule has 160 valence electrons. The number of nitrogens with two attached hydrogens (primary N) is 1. The zero-order valence-electron chi connectivity index (χ0n) is 18.4. The van der Waals surface area contributed by atoms with Crippen molar-refractivity contribution in [2.75, 3.05) is 24.5 Å². The van der Waals surface area contributed by atoms with Gasteiger partial charge in [0.25, 0.3) is 0 Å². The van der Waals surface area contributed by atoms with Crippen molar-refractivity contribution in [2.24, 2.45) is 11.7 Å². The second-order valence-corrected chi connectivity index (χ2v) is 9.02. The average Bonchev–Trinajstić information content (AvgIpc) is 3.12. The first-order valence-electron chi connectivity index (χ1n) is 11.3. The van der Waals surface area contributed by atoms with Crippen molar-refractivity contribution in [1.29, 1.82) is 0 Å². The molecule has 3 aromatic rings. The van der Waals surface area contributed by atoms with Crippen LogP contribution < -0.4 is 10.6 Å². The number of rotatable bonds is 3. The Bertz CT molecular complexity index is 1180. The Labute approximate surface area is 183 Å². The van der Waals surface area contributed by atoms with Crippen molar-refractivity contribution in [3.63, 3.8) is 0 Å². The van der Waals surface area contributed by atoms with Crippen molar-refractivity contribution in [2.45, 2.75) is 39.5 Å². The van der Waals surface area contributed by atoms with Crippen LogP contribution in [0.1, 0.15) is 47.3 Å². The molecule has 1 aliphatic heterocycles. The number of nitrogens with zero attached hydrogens (tertiary/aromatic N) is 3. The van der Waals surface area contributed by atoms with Gasteiger partial charge in [0, 0.05) is 48.7 Å². The molecule has 5 heteroatoms. The summed E-state index contributed by atoms with van der Waals surface area (Å²) >= 11 is 0. The number of hydrogen-bond acceptors (Lipinski definition) is 4. The minimum absolute atomic E-state index is 0.208. The first-order chi connectivity index (χ1) is 15.0. The molecule has 0 unspecified atom stereocenters. The number of ketones is 1. The maximum absolute atomic E-state index is 13.1. The van der Waals surface area contributed by atoms with Gasteiger partial charge in [-0.25, -0.2) is 0 Å². The van der Waals surface area contributed by atoms with E-state index in [1.807, 2.05) is 20.0 Å². The first-order valence-corrected chi connectivity index (χ1v) is 11.3. The number of benzene rings is 1. The van der Waals surface area contributed by atoms with Gasteiger partial charge in [-0.2, -0.15) is 0 Å². The average molecular weight is 415 g/mol. The van der Waals surface area contributed by atoms with Crippen LogP contribution in [-0.2, 0) is 11.2 Å². The van der Waals surface area contributed by atoms with Gasteiger partial charge in [0.1, 0.15) is 0 Å². The molecule has 0 atom stereocenters. The smallest absolute Gasteiger partial charge is 0.163 e. The fourth-order valence-corrected chi connectivity index (χ4v) is 5.01. The maximum Gasteiger partial charge on any atom is 0.163 e. The molecule has 0 amide bonds. The van der Waals surface area contributed by atoms with E-state index in [1.165, 1.54) is 11.3 Å². The van der Waals surface area contributed by atoms with Gasteiger partial charge in [0.05, 0.1) is 16.9 Å². The highest BCUT2D eigenvalue weighted by Gasteiger charge is 2.22. The summed E-state index contributed by atoms with van der Waals surface area (Å²) in [7, 11) is 0. The second-order valence-electron chi connectivity index (χ2n) is 9.02. The highest BCUT2D eigenvalue weighted by atomic mass is 16.1. The Kier molecular flexibility index (Phi) is 5.14. The zero-order chi connectivity index (χ0) is 21.5. The monoisotopic (exact) mass is 414 g/mol. The van der Waals surface area contributed by atoms with Crippen LogP contribution in [0.15, 0.2) is 36.7 Å². The summed E-state index contributed by atoms with van der Waals surface area (Å²) in [6.45, 7) is 6.92. The Morgan fingerprint density at radius 1 is 1.10 bits per heavy atom. The molecule has 1 fully saturated rings. The van der Waals surface area contributed by atoms with E-state index < -0.39 is 0 Å². The van der Waals surface area contributed by atoms with Gasteiger partial charge in [0.2, 0.25) is 0 Å². The van der Waals surface area contributed by atoms with E-state index in [9.17, 15) is 4.79 Å². The third-order valence-electron chi connectivity index (χ3n) is 6.86. The van der Waals surface area contributed by atoms with Gasteiger partial charge in [0.15, 0.2) is 5.78 Å². The number of piperidine rings is 1. The topological polar surface area (TPSA) is 63.6 Å². The number of aryl methyl sites for hydroxylation is 3. The summed E-state index contributed by atoms with van der Waals surface area (Å²) in [4.78, 5) is 20.1. The largest absolute Gasteiger partial charge is 0.372 e. The fraction of sp³-hybridized carbons (Fsp3) is 0.385. The fourth-order valence-electron chi connectivity index (χ4n) is 5.01. The lowest BCUT2D eigenvalue weighted by atomic mass is 9.96. The van der Waals surface area contributed by atoms with E-state index in [2.05, 4.69) is 50.8 Å². The minimum atomic E-state index is 0.208. The number of carbonyl (C=O) groups is 1. The van der Waals surface area contributed by atoms with Crippen LogP contribution in [0.2, 0.25) is 0 Å². The number of fused-ring (bicyclic) bond motifs is 2. The van der Waals surface area contributed by atoms with Crippen molar-refractivity contribution in [1.82, 2.24) is 9.38 Å². The molecule has 0 saturated carbocycles. The Balaban J connectivity index is 1.48. The van der Waals surface area contributed by atoms with E-state index in [4.69, 9.17) is 5.73 Å². The zero-order valence-corrected chi connectivity index (χ0v) is 18.4. The minimum Gasteiger partial charge on any atom is -0.372 e. The summed E-state index contributed by atoms with van der Waals surface area (Å²) in [6.07, 6.45) is 9.80. The third-order valence-corrected chi connectivity index (χ3v) is 6.86. The highest BCUT2D eigenvalue weighted by molar-refractivity contribution is 6.26. The maximum atomic E-state index is 13.1. The molecular weight excluding hydrogens is 384 g/mol. The van der Waals surface area contributed by atoms with Crippen molar-refractivity contribution >= 4 is 28.6 Å². The van der Waals surface area contributed by atoms with Gasteiger partial charge in [-0.05, 0) is 81.0 Å². The van der Waals surface area contributed by atoms with Crippen LogP contribution in [0.4, 0.5) is 5.69 Å². The summed E-state index contributed by atoms with van der Waals surface area (Å²) in [5.41, 5.74) is 14.3. The number of hydrogen-bond donors (Lipinski definition) is 1. The third kappa shape index (κ3) is 3.79. The van der Waals surface area contributed by atoms with Crippen molar-refractivity contribution in [3.8, 4) is 0 Å². The SMILES string of the molecule is Cc1cn2cc(C3=Cc4ccc(N5CCC(CN)CC5)cc4CCC3=O)cc2c(C)n1. The number of Topliss-reactive ketones (excluding diaryl/α,β-unsaturated/α-hetero) is 1. The summed E-state index contributed by atoms with van der Waals surface area (Å²) < 4.78 is 2.08. The molecule has 1 saturated heterocycles. The van der Waals surface area contributed by atoms with Gasteiger partial charge in [-0.3, -0.25) is 9.78 Å². The van der Waals surface area contributed by atoms with Gasteiger partial charge >= 0.3 is 0 Å². The molecule has 2 aliphatic rings. The van der Waals surface area contributed by atoms with Crippen LogP contribution in [0, 0.1) is 19.8 Å². The van der Waals surface area contributed by atoms with Crippen LogP contribution in [-0.4, -0.2) is 34.8 Å². The summed E-state index contributed by atoms with van der Waals surface area (Å²) in [6, 6.07) is 8.77. The molecule has 5 nitrogen and oxygen atoms in total. The molecule has 0 bridgehead atoms. The molecule has 0 radical (unpaired) electrons. The van der Waals surface area contributed by atoms with Crippen LogP contribution in [0.5, 0.6) is 0 Å². The van der Waals surface area contributed by atoms with E-state index in [-0.39, 0.29) is 5.78 Å². The van der Waals surface area contributed by atoms with E-state index in [0.29, 0.717) is 12.3 Å². The summed E-state index contributed by atoms with van der Waals surface area (Å²) in [5, 5.41) is 0. The lowest BCUT2D eigenvalue weighted by molar-refractivity contribution is -0.113. The van der Waals surface area contributed by atoms with Crippen LogP contribution in [0.3, 0.4) is 0 Å². The predicted octanol–water partition coefficient (Wildman–Crippen LogP) is 4.18. The molecule has 5 rings (SSSR count). The second kappa shape index (κ2) is 7.97. The normalized spacial score (nSPS) is 17.6. The quantitative estimate of drug-likeness (QED) is 0.698. The molecule has 31 heavy (non-hydrogen) atoms. The molecule has 1 aliphatic carbocycles. The lowest BCUT2D eigenvalue weighted by Gasteiger charge is -2.33. The lowest BCUT2D eigenvalue weighted by Crippen LogP contribution is -2.36. The Morgan fingerprint density at radius 2 is 1.90 bits per heavy atom. The van der Waals surface area contributed by atoms with Gasteiger partial charge in [-0.15, -0.1) is 0 Å². The van der Waals surface area contributed by atoms with E-state index in [1.54, 1.807) is 0 Å². The summed E-state index contributed by atoms with van der Waals surface area (Å²) in [5.74, 6) is 0.862. The number of allylic oxidation sites excluding steroid dienone is 1. The number of carbonyl (C=O) groups excluding carboxylic acids is 1. The van der Waals surface area contributed by atoms with Gasteiger partial charge in [-0.1, -0.05) is 6.07 Å².